The lowest BCUT2D eigenvalue weighted by molar-refractivity contribution is 0.179. The first-order valence-electron chi connectivity index (χ1n) is 6.21. The average molecular weight is 397 g/mol. The molecule has 0 bridgehead atoms. The Morgan fingerprint density at radius 3 is 2.65 bits per heavy atom. The number of nitrogens with one attached hydrogen (secondary N) is 1. The largest absolute Gasteiger partial charge is 0.383 e. The van der Waals surface area contributed by atoms with Crippen molar-refractivity contribution in [2.75, 3.05) is 13.7 Å². The van der Waals surface area contributed by atoms with E-state index in [2.05, 4.69) is 20.4 Å². The van der Waals surface area contributed by atoms with Crippen LogP contribution in [0.15, 0.2) is 9.52 Å². The van der Waals surface area contributed by atoms with Gasteiger partial charge in [0.15, 0.2) is 11.8 Å². The van der Waals surface area contributed by atoms with Crippen LogP contribution in [0.25, 0.3) is 0 Å². The molecule has 0 spiro atoms. The number of aliphatic imine (C=N–C) groups is 1. The molecule has 0 saturated heterocycles. The molecule has 1 rings (SSSR count). The number of aromatic nitrogens is 2. The van der Waals surface area contributed by atoms with Crippen LogP contribution in [0, 0.1) is 0 Å². The van der Waals surface area contributed by atoms with E-state index in [1.807, 2.05) is 27.7 Å². The lowest BCUT2D eigenvalue weighted by atomic mass is 9.97. The van der Waals surface area contributed by atoms with Gasteiger partial charge in [0.05, 0.1) is 6.61 Å². The molecule has 8 heteroatoms. The van der Waals surface area contributed by atoms with Crippen molar-refractivity contribution in [1.82, 2.24) is 15.5 Å². The fourth-order valence-corrected chi connectivity index (χ4v) is 1.37. The summed E-state index contributed by atoms with van der Waals surface area (Å²) >= 11 is 0. The highest BCUT2D eigenvalue weighted by Crippen LogP contribution is 2.19. The minimum absolute atomic E-state index is 0. The number of nitrogens with zero attached hydrogens (tertiary/aromatic N) is 3. The number of ether oxygens (including phenoxy) is 1. The van der Waals surface area contributed by atoms with E-state index < -0.39 is 0 Å². The van der Waals surface area contributed by atoms with Crippen molar-refractivity contribution < 1.29 is 9.26 Å². The second kappa shape index (κ2) is 8.40. The van der Waals surface area contributed by atoms with Gasteiger partial charge in [-0.1, -0.05) is 25.9 Å². The molecular formula is C12H24IN5O2. The molecule has 0 amide bonds. The first kappa shape index (κ1) is 19.1. The minimum Gasteiger partial charge on any atom is -0.383 e. The average Bonchev–Trinajstić information content (AvgIpc) is 2.74. The third-order valence-electron chi connectivity index (χ3n) is 2.31. The summed E-state index contributed by atoms with van der Waals surface area (Å²) in [5, 5.41) is 6.87. The fraction of sp³-hybridized carbons (Fsp3) is 0.750. The molecule has 1 heterocycles. The standard InChI is InChI=1S/C12H23N5O2.HI/c1-8(7-18-5)15-11(13)14-6-9-16-10(19-17-9)12(2,3)4;/h8H,6-7H2,1-5H3,(H3,13,14,15);1H. The van der Waals surface area contributed by atoms with Crippen molar-refractivity contribution in [1.29, 1.82) is 0 Å². The Labute approximate surface area is 136 Å². The maximum absolute atomic E-state index is 5.74. The predicted octanol–water partition coefficient (Wildman–Crippen LogP) is 1.42. The molecule has 7 nitrogen and oxygen atoms in total. The number of methoxy groups -OCH3 is 1. The van der Waals surface area contributed by atoms with Crippen molar-refractivity contribution in [2.45, 2.75) is 45.7 Å². The van der Waals surface area contributed by atoms with Gasteiger partial charge in [0.2, 0.25) is 5.89 Å². The van der Waals surface area contributed by atoms with E-state index in [-0.39, 0.29) is 42.0 Å². The molecule has 0 saturated carbocycles. The second-order valence-electron chi connectivity index (χ2n) is 5.47. The van der Waals surface area contributed by atoms with E-state index in [0.29, 0.717) is 24.3 Å². The molecule has 0 aliphatic heterocycles. The number of guanidine groups is 1. The third kappa shape index (κ3) is 6.51. The highest BCUT2D eigenvalue weighted by atomic mass is 127. The topological polar surface area (TPSA) is 98.6 Å². The summed E-state index contributed by atoms with van der Waals surface area (Å²) in [6.45, 7) is 8.84. The smallest absolute Gasteiger partial charge is 0.232 e. The number of hydrogen-bond donors (Lipinski definition) is 2. The van der Waals surface area contributed by atoms with Gasteiger partial charge in [-0.05, 0) is 6.92 Å². The number of hydrogen-bond acceptors (Lipinski definition) is 5. The van der Waals surface area contributed by atoms with Gasteiger partial charge in [0.1, 0.15) is 6.54 Å². The van der Waals surface area contributed by atoms with E-state index in [0.717, 1.165) is 0 Å². The summed E-state index contributed by atoms with van der Waals surface area (Å²) in [4.78, 5) is 8.43. The van der Waals surface area contributed by atoms with Crippen molar-refractivity contribution in [3.05, 3.63) is 11.7 Å². The maximum Gasteiger partial charge on any atom is 0.232 e. The first-order valence-corrected chi connectivity index (χ1v) is 6.21. The molecular weight excluding hydrogens is 373 g/mol. The molecule has 0 aliphatic carbocycles. The summed E-state index contributed by atoms with van der Waals surface area (Å²) in [5.74, 6) is 1.46. The monoisotopic (exact) mass is 397 g/mol. The Morgan fingerprint density at radius 2 is 2.15 bits per heavy atom. The van der Waals surface area contributed by atoms with Crippen LogP contribution in [0.3, 0.4) is 0 Å². The molecule has 0 aromatic carbocycles. The zero-order chi connectivity index (χ0) is 14.5. The second-order valence-corrected chi connectivity index (χ2v) is 5.47. The van der Waals surface area contributed by atoms with Crippen LogP contribution in [0.1, 0.15) is 39.4 Å². The van der Waals surface area contributed by atoms with Gasteiger partial charge >= 0.3 is 0 Å². The SMILES string of the molecule is COCC(C)NC(N)=NCc1noc(C(C)(C)C)n1.I. The Morgan fingerprint density at radius 1 is 1.50 bits per heavy atom. The Balaban J connectivity index is 0.00000361. The predicted molar refractivity (Wildman–Crippen MR) is 88.2 cm³/mol. The van der Waals surface area contributed by atoms with Crippen LogP contribution in [0.2, 0.25) is 0 Å². The van der Waals surface area contributed by atoms with Crippen LogP contribution >= 0.6 is 24.0 Å². The lowest BCUT2D eigenvalue weighted by Crippen LogP contribution is -2.40. The molecule has 116 valence electrons. The Hall–Kier alpha value is -0.900. The molecule has 1 aromatic rings. The molecule has 3 N–H and O–H groups in total. The Kier molecular flexibility index (Phi) is 8.02. The van der Waals surface area contributed by atoms with E-state index in [9.17, 15) is 0 Å². The van der Waals surface area contributed by atoms with Crippen LogP contribution in [-0.4, -0.2) is 35.9 Å². The lowest BCUT2D eigenvalue weighted by Gasteiger charge is -2.12. The zero-order valence-electron chi connectivity index (χ0n) is 12.6. The molecule has 0 aliphatic rings. The van der Waals surface area contributed by atoms with Gasteiger partial charge in [-0.2, -0.15) is 4.98 Å². The van der Waals surface area contributed by atoms with Crippen LogP contribution in [0.4, 0.5) is 0 Å². The third-order valence-corrected chi connectivity index (χ3v) is 2.31. The number of rotatable bonds is 5. The Bertz CT molecular complexity index is 428. The number of halogens is 1. The summed E-state index contributed by atoms with van der Waals surface area (Å²) in [6.07, 6.45) is 0. The molecule has 0 radical (unpaired) electrons. The summed E-state index contributed by atoms with van der Waals surface area (Å²) < 4.78 is 10.2. The molecule has 0 fully saturated rings. The van der Waals surface area contributed by atoms with Gasteiger partial charge in [-0.15, -0.1) is 24.0 Å². The van der Waals surface area contributed by atoms with Gasteiger partial charge in [-0.25, -0.2) is 4.99 Å². The van der Waals surface area contributed by atoms with E-state index in [1.165, 1.54) is 0 Å². The maximum atomic E-state index is 5.74. The van der Waals surface area contributed by atoms with Gasteiger partial charge < -0.3 is 20.3 Å². The van der Waals surface area contributed by atoms with Crippen LogP contribution < -0.4 is 11.1 Å². The molecule has 1 atom stereocenters. The van der Waals surface area contributed by atoms with Crippen molar-refractivity contribution >= 4 is 29.9 Å². The molecule has 1 aromatic heterocycles. The van der Waals surface area contributed by atoms with Crippen LogP contribution in [0.5, 0.6) is 0 Å². The molecule has 20 heavy (non-hydrogen) atoms. The minimum atomic E-state index is -0.161. The number of nitrogens with two attached hydrogens (primary N) is 1. The highest BCUT2D eigenvalue weighted by Gasteiger charge is 2.21. The fourth-order valence-electron chi connectivity index (χ4n) is 1.37. The summed E-state index contributed by atoms with van der Waals surface area (Å²) in [6, 6.07) is 0.101. The van der Waals surface area contributed by atoms with E-state index in [4.69, 9.17) is 15.0 Å². The zero-order valence-corrected chi connectivity index (χ0v) is 15.0. The van der Waals surface area contributed by atoms with Crippen LogP contribution in [-0.2, 0) is 16.7 Å². The van der Waals surface area contributed by atoms with Gasteiger partial charge in [0.25, 0.3) is 0 Å². The normalized spacial score (nSPS) is 13.8. The summed E-state index contributed by atoms with van der Waals surface area (Å²) in [7, 11) is 1.64. The van der Waals surface area contributed by atoms with Crippen molar-refractivity contribution in [3.63, 3.8) is 0 Å². The van der Waals surface area contributed by atoms with E-state index in [1.54, 1.807) is 7.11 Å². The van der Waals surface area contributed by atoms with Gasteiger partial charge in [-0.3, -0.25) is 0 Å². The highest BCUT2D eigenvalue weighted by molar-refractivity contribution is 14.0. The quantitative estimate of drug-likeness (QED) is 0.443. The van der Waals surface area contributed by atoms with Gasteiger partial charge in [0, 0.05) is 18.6 Å². The first-order chi connectivity index (χ1) is 8.82. The van der Waals surface area contributed by atoms with E-state index >= 15 is 0 Å². The summed E-state index contributed by atoms with van der Waals surface area (Å²) in [5.41, 5.74) is 5.58. The molecule has 1 unspecified atom stereocenters. The van der Waals surface area contributed by atoms with Crippen molar-refractivity contribution in [2.24, 2.45) is 10.7 Å². The van der Waals surface area contributed by atoms with Crippen molar-refractivity contribution in [3.8, 4) is 0 Å².